The van der Waals surface area contributed by atoms with Gasteiger partial charge in [-0.15, -0.1) is 0 Å². The molecule has 1 saturated heterocycles. The number of ether oxygens (including phenoxy) is 2. The summed E-state index contributed by atoms with van der Waals surface area (Å²) < 4.78 is 11.5. The number of amides is 1. The lowest BCUT2D eigenvalue weighted by atomic mass is 9.87. The zero-order valence-electron chi connectivity index (χ0n) is 18.7. The summed E-state index contributed by atoms with van der Waals surface area (Å²) >= 11 is 0. The van der Waals surface area contributed by atoms with Crippen molar-refractivity contribution in [1.29, 1.82) is 0 Å². The number of hydrogen-bond acceptors (Lipinski definition) is 8. The van der Waals surface area contributed by atoms with Crippen molar-refractivity contribution in [2.75, 3.05) is 50.2 Å². The Morgan fingerprint density at radius 2 is 1.64 bits per heavy atom. The number of morpholine rings is 1. The van der Waals surface area contributed by atoms with Crippen LogP contribution in [-0.4, -0.2) is 61.3 Å². The first kappa shape index (κ1) is 21.1. The van der Waals surface area contributed by atoms with Crippen molar-refractivity contribution in [3.63, 3.8) is 0 Å². The number of fused-ring (bicyclic) bond motifs is 2. The second-order valence-electron chi connectivity index (χ2n) is 8.17. The van der Waals surface area contributed by atoms with Crippen molar-refractivity contribution in [2.45, 2.75) is 12.5 Å². The zero-order chi connectivity index (χ0) is 22.8. The van der Waals surface area contributed by atoms with E-state index in [1.807, 2.05) is 67.5 Å². The van der Waals surface area contributed by atoms with Crippen LogP contribution in [0.2, 0.25) is 0 Å². The van der Waals surface area contributed by atoms with Crippen LogP contribution in [0.3, 0.4) is 0 Å². The third-order valence-corrected chi connectivity index (χ3v) is 5.71. The highest BCUT2D eigenvalue weighted by Crippen LogP contribution is 2.43. The maximum atomic E-state index is 13.4. The van der Waals surface area contributed by atoms with Gasteiger partial charge in [-0.3, -0.25) is 4.79 Å². The lowest BCUT2D eigenvalue weighted by Crippen LogP contribution is -2.38. The molecule has 33 heavy (non-hydrogen) atoms. The highest BCUT2D eigenvalue weighted by molar-refractivity contribution is 5.89. The van der Waals surface area contributed by atoms with E-state index in [4.69, 9.17) is 9.47 Å². The largest absolute Gasteiger partial charge is 0.457 e. The summed E-state index contributed by atoms with van der Waals surface area (Å²) in [6.07, 6.45) is 0. The smallest absolute Gasteiger partial charge is 0.232 e. The number of nitrogens with zero attached hydrogens (tertiary/aromatic N) is 5. The van der Waals surface area contributed by atoms with Crippen molar-refractivity contribution >= 4 is 17.8 Å². The van der Waals surface area contributed by atoms with Gasteiger partial charge in [0.05, 0.1) is 25.7 Å². The van der Waals surface area contributed by atoms with Gasteiger partial charge in [0.2, 0.25) is 17.8 Å². The van der Waals surface area contributed by atoms with E-state index in [0.29, 0.717) is 42.4 Å². The van der Waals surface area contributed by atoms with Crippen LogP contribution in [0.5, 0.6) is 11.5 Å². The average Bonchev–Trinajstić information content (AvgIpc) is 2.86. The first-order valence-corrected chi connectivity index (χ1v) is 11.0. The lowest BCUT2D eigenvalue weighted by molar-refractivity contribution is -0.122. The molecule has 9 heteroatoms. The number of carbonyl (C=O) groups excluding carboxylic acids is 1. The van der Waals surface area contributed by atoms with Crippen LogP contribution in [0.15, 0.2) is 48.5 Å². The number of hydrogen-bond donors (Lipinski definition) is 1. The number of aromatic nitrogens is 3. The molecule has 170 valence electrons. The maximum absolute atomic E-state index is 13.4. The Hall–Kier alpha value is -3.72. The number of para-hydroxylation sites is 2. The minimum absolute atomic E-state index is 0.127. The van der Waals surface area contributed by atoms with Gasteiger partial charge in [0, 0.05) is 38.3 Å². The third-order valence-electron chi connectivity index (χ3n) is 5.71. The minimum atomic E-state index is -0.472. The van der Waals surface area contributed by atoms with Crippen LogP contribution in [0.4, 0.5) is 11.9 Å². The van der Waals surface area contributed by atoms with Crippen LogP contribution in [-0.2, 0) is 16.1 Å². The summed E-state index contributed by atoms with van der Waals surface area (Å²) in [5.74, 6) is 2.46. The standard InChI is InChI=1S/C24H26N6O3/c1-29(2)23-26-20(27-24(28-23)30-11-13-32-14-12-30)15-25-22(31)21-16-7-3-5-9-18(16)33-19-10-6-4-8-17(19)21/h3-10,21H,11-15H2,1-2H3,(H,25,31). The van der Waals surface area contributed by atoms with E-state index < -0.39 is 5.92 Å². The Balaban J connectivity index is 1.40. The fourth-order valence-electron chi connectivity index (χ4n) is 4.04. The zero-order valence-corrected chi connectivity index (χ0v) is 18.7. The van der Waals surface area contributed by atoms with Crippen LogP contribution >= 0.6 is 0 Å². The van der Waals surface area contributed by atoms with E-state index >= 15 is 0 Å². The molecule has 1 aromatic heterocycles. The van der Waals surface area contributed by atoms with Crippen LogP contribution in [0.1, 0.15) is 22.9 Å². The van der Waals surface area contributed by atoms with Crippen molar-refractivity contribution in [2.24, 2.45) is 0 Å². The SMILES string of the molecule is CN(C)c1nc(CNC(=O)C2c3ccccc3Oc3ccccc32)nc(N2CCOCC2)n1. The van der Waals surface area contributed by atoms with E-state index in [1.54, 1.807) is 0 Å². The molecule has 0 bridgehead atoms. The fraction of sp³-hybridized carbons (Fsp3) is 0.333. The number of rotatable bonds is 5. The van der Waals surface area contributed by atoms with E-state index in [0.717, 1.165) is 24.2 Å². The maximum Gasteiger partial charge on any atom is 0.232 e. The Bertz CT molecular complexity index is 1120. The van der Waals surface area contributed by atoms with Crippen LogP contribution < -0.4 is 19.9 Å². The highest BCUT2D eigenvalue weighted by Gasteiger charge is 2.32. The molecular weight excluding hydrogens is 420 g/mol. The Labute approximate surface area is 192 Å². The quantitative estimate of drug-likeness (QED) is 0.639. The van der Waals surface area contributed by atoms with Gasteiger partial charge in [-0.1, -0.05) is 36.4 Å². The number of nitrogens with one attached hydrogen (secondary N) is 1. The molecule has 1 fully saturated rings. The second-order valence-corrected chi connectivity index (χ2v) is 8.17. The number of benzene rings is 2. The lowest BCUT2D eigenvalue weighted by Gasteiger charge is -2.28. The minimum Gasteiger partial charge on any atom is -0.457 e. The molecule has 0 atom stereocenters. The van der Waals surface area contributed by atoms with Gasteiger partial charge in [-0.25, -0.2) is 0 Å². The van der Waals surface area contributed by atoms with Gasteiger partial charge in [0.1, 0.15) is 11.5 Å². The molecule has 2 aliphatic rings. The van der Waals surface area contributed by atoms with Crippen molar-refractivity contribution < 1.29 is 14.3 Å². The van der Waals surface area contributed by atoms with Crippen LogP contribution in [0.25, 0.3) is 0 Å². The molecule has 9 nitrogen and oxygen atoms in total. The van der Waals surface area contributed by atoms with E-state index in [1.165, 1.54) is 0 Å². The number of carbonyl (C=O) groups is 1. The number of anilines is 2. The highest BCUT2D eigenvalue weighted by atomic mass is 16.5. The fourth-order valence-corrected chi connectivity index (χ4v) is 4.04. The van der Waals surface area contributed by atoms with Crippen molar-refractivity contribution in [3.05, 3.63) is 65.5 Å². The average molecular weight is 447 g/mol. The second kappa shape index (κ2) is 9.03. The molecule has 2 aliphatic heterocycles. The summed E-state index contributed by atoms with van der Waals surface area (Å²) in [4.78, 5) is 31.1. The Kier molecular flexibility index (Phi) is 5.78. The molecule has 0 saturated carbocycles. The van der Waals surface area contributed by atoms with Gasteiger partial charge in [0.25, 0.3) is 0 Å². The van der Waals surface area contributed by atoms with E-state index in [2.05, 4.69) is 25.2 Å². The first-order valence-electron chi connectivity index (χ1n) is 11.0. The molecule has 0 spiro atoms. The molecule has 3 heterocycles. The predicted octanol–water partition coefficient (Wildman–Crippen LogP) is 2.33. The molecule has 1 N–H and O–H groups in total. The van der Waals surface area contributed by atoms with Crippen LogP contribution in [0, 0.1) is 0 Å². The molecule has 2 aromatic carbocycles. The van der Waals surface area contributed by atoms with Crippen molar-refractivity contribution in [3.8, 4) is 11.5 Å². The van der Waals surface area contributed by atoms with Crippen molar-refractivity contribution in [1.82, 2.24) is 20.3 Å². The summed E-state index contributed by atoms with van der Waals surface area (Å²) in [5, 5.41) is 3.04. The molecule has 0 aliphatic carbocycles. The Morgan fingerprint density at radius 1 is 1.00 bits per heavy atom. The monoisotopic (exact) mass is 446 g/mol. The molecule has 1 amide bonds. The van der Waals surface area contributed by atoms with Gasteiger partial charge < -0.3 is 24.6 Å². The summed E-state index contributed by atoms with van der Waals surface area (Å²) in [6.45, 7) is 2.91. The summed E-state index contributed by atoms with van der Waals surface area (Å²) in [5.41, 5.74) is 1.68. The molecule has 0 radical (unpaired) electrons. The predicted molar refractivity (Wildman–Crippen MR) is 124 cm³/mol. The van der Waals surface area contributed by atoms with E-state index in [-0.39, 0.29) is 12.5 Å². The van der Waals surface area contributed by atoms with Gasteiger partial charge in [-0.05, 0) is 12.1 Å². The van der Waals surface area contributed by atoms with E-state index in [9.17, 15) is 4.79 Å². The normalized spacial score (nSPS) is 15.3. The molecule has 5 rings (SSSR count). The molecular formula is C24H26N6O3. The van der Waals surface area contributed by atoms with Gasteiger partial charge in [0.15, 0.2) is 5.82 Å². The topological polar surface area (TPSA) is 92.7 Å². The summed E-state index contributed by atoms with van der Waals surface area (Å²) in [7, 11) is 3.77. The van der Waals surface area contributed by atoms with Gasteiger partial charge >= 0.3 is 0 Å². The molecule has 0 unspecified atom stereocenters. The third kappa shape index (κ3) is 4.31. The summed E-state index contributed by atoms with van der Waals surface area (Å²) in [6, 6.07) is 15.3. The Morgan fingerprint density at radius 3 is 2.27 bits per heavy atom. The molecule has 3 aromatic rings. The first-order chi connectivity index (χ1) is 16.1. The van der Waals surface area contributed by atoms with Gasteiger partial charge in [-0.2, -0.15) is 15.0 Å².